The van der Waals surface area contributed by atoms with E-state index in [-0.39, 0.29) is 11.7 Å². The molecular formula is C21H30N4O3S. The average Bonchev–Trinajstić information content (AvgIpc) is 2.87. The summed E-state index contributed by atoms with van der Waals surface area (Å²) in [6.07, 6.45) is 10.5. The molecule has 1 saturated heterocycles. The van der Waals surface area contributed by atoms with Crippen molar-refractivity contribution in [1.29, 1.82) is 0 Å². The maximum absolute atomic E-state index is 13.1. The van der Waals surface area contributed by atoms with Crippen molar-refractivity contribution >= 4 is 33.0 Å². The summed E-state index contributed by atoms with van der Waals surface area (Å²) in [6.45, 7) is 0.999. The molecule has 1 aliphatic heterocycles. The highest BCUT2D eigenvalue weighted by atomic mass is 32.2. The maximum atomic E-state index is 13.1. The van der Waals surface area contributed by atoms with Gasteiger partial charge in [0.15, 0.2) is 5.78 Å². The SMILES string of the molecule is Nc1nc2cc(C(=O)CC3CCCCCC3)ccc2n1S(=O)(=O)N1CCCCC1. The molecule has 1 aromatic carbocycles. The van der Waals surface area contributed by atoms with E-state index in [4.69, 9.17) is 5.73 Å². The minimum Gasteiger partial charge on any atom is -0.368 e. The van der Waals surface area contributed by atoms with Gasteiger partial charge in [0.2, 0.25) is 5.95 Å². The Labute approximate surface area is 172 Å². The third-order valence-corrected chi connectivity index (χ3v) is 8.14. The van der Waals surface area contributed by atoms with Crippen LogP contribution in [0.3, 0.4) is 0 Å². The Morgan fingerprint density at radius 3 is 2.38 bits per heavy atom. The number of hydrogen-bond acceptors (Lipinski definition) is 5. The second-order valence-electron chi connectivity index (χ2n) is 8.39. The van der Waals surface area contributed by atoms with Crippen LogP contribution in [0.1, 0.15) is 74.6 Å². The Morgan fingerprint density at radius 2 is 1.69 bits per heavy atom. The van der Waals surface area contributed by atoms with E-state index >= 15 is 0 Å². The zero-order valence-corrected chi connectivity index (χ0v) is 17.7. The van der Waals surface area contributed by atoms with E-state index in [0.29, 0.717) is 42.0 Å². The fraction of sp³-hybridized carbons (Fsp3) is 0.619. The summed E-state index contributed by atoms with van der Waals surface area (Å²) in [4.78, 5) is 17.1. The Bertz CT molecular complexity index is 985. The molecule has 8 heteroatoms. The minimum absolute atomic E-state index is 0.0565. The van der Waals surface area contributed by atoms with Gasteiger partial charge in [-0.2, -0.15) is 16.7 Å². The summed E-state index contributed by atoms with van der Waals surface area (Å²) in [7, 11) is -3.76. The molecule has 0 amide bonds. The predicted molar refractivity (Wildman–Crippen MR) is 114 cm³/mol. The molecule has 1 aromatic heterocycles. The molecule has 2 aromatic rings. The van der Waals surface area contributed by atoms with Crippen LogP contribution in [-0.2, 0) is 10.2 Å². The van der Waals surface area contributed by atoms with E-state index in [1.165, 1.54) is 30.0 Å². The summed E-state index contributed by atoms with van der Waals surface area (Å²) < 4.78 is 28.8. The molecule has 0 spiro atoms. The van der Waals surface area contributed by atoms with Crippen LogP contribution >= 0.6 is 0 Å². The van der Waals surface area contributed by atoms with E-state index in [9.17, 15) is 13.2 Å². The third kappa shape index (κ3) is 4.19. The van der Waals surface area contributed by atoms with E-state index in [1.807, 2.05) is 0 Å². The van der Waals surface area contributed by atoms with Crippen LogP contribution in [0.25, 0.3) is 11.0 Å². The molecule has 7 nitrogen and oxygen atoms in total. The van der Waals surface area contributed by atoms with Gasteiger partial charge in [0, 0.05) is 25.1 Å². The topological polar surface area (TPSA) is 98.3 Å². The maximum Gasteiger partial charge on any atom is 0.310 e. The lowest BCUT2D eigenvalue weighted by Gasteiger charge is -2.26. The first-order chi connectivity index (χ1) is 14.0. The van der Waals surface area contributed by atoms with Crippen molar-refractivity contribution < 1.29 is 13.2 Å². The molecule has 4 rings (SSSR count). The summed E-state index contributed by atoms with van der Waals surface area (Å²) in [5.41, 5.74) is 7.47. The van der Waals surface area contributed by atoms with Crippen molar-refractivity contribution in [2.75, 3.05) is 18.8 Å². The standard InChI is InChI=1S/C21H30N4O3S/c22-21-23-18-15-17(20(26)14-16-8-4-1-2-5-9-16)10-11-19(18)25(21)29(27,28)24-12-6-3-7-13-24/h10-11,15-16H,1-9,12-14H2,(H2,22,23). The Kier molecular flexibility index (Phi) is 5.92. The number of piperidine rings is 1. The van der Waals surface area contributed by atoms with Crippen molar-refractivity contribution in [3.8, 4) is 0 Å². The van der Waals surface area contributed by atoms with Crippen LogP contribution in [0.5, 0.6) is 0 Å². The number of hydrogen-bond donors (Lipinski definition) is 1. The number of anilines is 1. The Balaban J connectivity index is 1.60. The monoisotopic (exact) mass is 418 g/mol. The number of carbonyl (C=O) groups excluding carboxylic acids is 1. The first-order valence-electron chi connectivity index (χ1n) is 10.8. The number of benzene rings is 1. The van der Waals surface area contributed by atoms with Gasteiger partial charge in [-0.25, -0.2) is 4.98 Å². The molecule has 1 aliphatic carbocycles. The number of carbonyl (C=O) groups is 1. The number of rotatable bonds is 5. The number of Topliss-reactive ketones (excluding diaryl/α,β-unsaturated/α-hetero) is 1. The molecule has 2 fully saturated rings. The van der Waals surface area contributed by atoms with Gasteiger partial charge in [0.05, 0.1) is 11.0 Å². The second kappa shape index (κ2) is 8.44. The molecule has 2 aliphatic rings. The molecule has 0 unspecified atom stereocenters. The van der Waals surface area contributed by atoms with Crippen LogP contribution in [0.15, 0.2) is 18.2 Å². The van der Waals surface area contributed by atoms with Crippen molar-refractivity contribution in [2.24, 2.45) is 5.92 Å². The molecule has 2 heterocycles. The van der Waals surface area contributed by atoms with E-state index in [2.05, 4.69) is 4.98 Å². The quantitative estimate of drug-likeness (QED) is 0.589. The highest BCUT2D eigenvalue weighted by Gasteiger charge is 2.29. The van der Waals surface area contributed by atoms with Gasteiger partial charge < -0.3 is 5.73 Å². The first kappa shape index (κ1) is 20.3. The lowest BCUT2D eigenvalue weighted by molar-refractivity contribution is 0.0957. The van der Waals surface area contributed by atoms with Gasteiger partial charge >= 0.3 is 10.2 Å². The number of ketones is 1. The summed E-state index contributed by atoms with van der Waals surface area (Å²) in [6, 6.07) is 5.07. The lowest BCUT2D eigenvalue weighted by atomic mass is 9.92. The van der Waals surface area contributed by atoms with Crippen LogP contribution in [0.2, 0.25) is 0 Å². The summed E-state index contributed by atoms with van der Waals surface area (Å²) >= 11 is 0. The van der Waals surface area contributed by atoms with Crippen LogP contribution < -0.4 is 5.73 Å². The van der Waals surface area contributed by atoms with Crippen LogP contribution in [-0.4, -0.2) is 40.6 Å². The van der Waals surface area contributed by atoms with Gasteiger partial charge in [-0.15, -0.1) is 0 Å². The number of imidazole rings is 1. The second-order valence-corrected chi connectivity index (χ2v) is 10.2. The molecule has 29 heavy (non-hydrogen) atoms. The summed E-state index contributed by atoms with van der Waals surface area (Å²) in [5.74, 6) is 0.493. The molecule has 2 N–H and O–H groups in total. The fourth-order valence-electron chi connectivity index (χ4n) is 4.65. The smallest absolute Gasteiger partial charge is 0.310 e. The molecule has 1 saturated carbocycles. The Hall–Kier alpha value is -1.93. The van der Waals surface area contributed by atoms with Gasteiger partial charge in [-0.1, -0.05) is 44.9 Å². The molecule has 0 radical (unpaired) electrons. The lowest BCUT2D eigenvalue weighted by Crippen LogP contribution is -2.39. The molecular weight excluding hydrogens is 388 g/mol. The Morgan fingerprint density at radius 1 is 1.03 bits per heavy atom. The van der Waals surface area contributed by atoms with Gasteiger partial charge in [0.1, 0.15) is 0 Å². The fourth-order valence-corrected chi connectivity index (χ4v) is 6.28. The van der Waals surface area contributed by atoms with Gasteiger partial charge in [-0.3, -0.25) is 4.79 Å². The normalized spacial score (nSPS) is 20.0. The third-order valence-electron chi connectivity index (χ3n) is 6.28. The molecule has 158 valence electrons. The van der Waals surface area contributed by atoms with E-state index in [0.717, 1.165) is 36.1 Å². The first-order valence-corrected chi connectivity index (χ1v) is 12.2. The van der Waals surface area contributed by atoms with Crippen LogP contribution in [0, 0.1) is 5.92 Å². The average molecular weight is 419 g/mol. The largest absolute Gasteiger partial charge is 0.368 e. The molecule has 0 atom stereocenters. The summed E-state index contributed by atoms with van der Waals surface area (Å²) in [5, 5.41) is 0. The highest BCUT2D eigenvalue weighted by Crippen LogP contribution is 2.29. The number of nitrogens with two attached hydrogens (primary N) is 1. The highest BCUT2D eigenvalue weighted by molar-refractivity contribution is 7.87. The van der Waals surface area contributed by atoms with Crippen molar-refractivity contribution in [3.05, 3.63) is 23.8 Å². The number of nitrogens with zero attached hydrogens (tertiary/aromatic N) is 3. The van der Waals surface area contributed by atoms with Crippen molar-refractivity contribution in [1.82, 2.24) is 13.3 Å². The number of fused-ring (bicyclic) bond motifs is 1. The van der Waals surface area contributed by atoms with E-state index < -0.39 is 10.2 Å². The van der Waals surface area contributed by atoms with Gasteiger partial charge in [-0.05, 0) is 37.0 Å². The van der Waals surface area contributed by atoms with Crippen molar-refractivity contribution in [3.63, 3.8) is 0 Å². The minimum atomic E-state index is -3.76. The zero-order valence-electron chi connectivity index (χ0n) is 16.8. The van der Waals surface area contributed by atoms with E-state index in [1.54, 1.807) is 18.2 Å². The van der Waals surface area contributed by atoms with Gasteiger partial charge in [0.25, 0.3) is 0 Å². The number of aromatic nitrogens is 2. The number of nitrogen functional groups attached to an aromatic ring is 1. The zero-order chi connectivity index (χ0) is 20.4. The molecule has 0 bridgehead atoms. The van der Waals surface area contributed by atoms with Crippen molar-refractivity contribution in [2.45, 2.75) is 64.2 Å². The van der Waals surface area contributed by atoms with Crippen LogP contribution in [0.4, 0.5) is 5.95 Å². The predicted octanol–water partition coefficient (Wildman–Crippen LogP) is 3.74.